The fraction of sp³-hybridized carbons (Fsp3) is 0.321. The Bertz CT molecular complexity index is 1370. The maximum atomic E-state index is 13.1. The van der Waals surface area contributed by atoms with E-state index >= 15 is 0 Å². The van der Waals surface area contributed by atoms with Crippen LogP contribution in [0.15, 0.2) is 65.6 Å². The van der Waals surface area contributed by atoms with E-state index in [1.807, 2.05) is 50.2 Å². The molecule has 0 aromatic heterocycles. The molecule has 2 atom stereocenters. The minimum atomic E-state index is -3.53. The molecule has 2 unspecified atom stereocenters. The largest absolute Gasteiger partial charge is 0.331 e. The van der Waals surface area contributed by atoms with E-state index < -0.39 is 15.9 Å². The van der Waals surface area contributed by atoms with Crippen molar-refractivity contribution in [1.29, 1.82) is 0 Å². The minimum absolute atomic E-state index is 0.0630. The van der Waals surface area contributed by atoms with E-state index in [1.165, 1.54) is 23.3 Å². The first-order chi connectivity index (χ1) is 17.0. The summed E-state index contributed by atoms with van der Waals surface area (Å²) in [5, 5.41) is 6.25. The Labute approximate surface area is 218 Å². The monoisotopic (exact) mass is 525 g/mol. The number of hydrogen-bond donors (Lipinski definition) is 2. The molecular formula is C28H32ClN3O3S. The highest BCUT2D eigenvalue weighted by Gasteiger charge is 2.22. The number of likely N-dealkylation sites (N-methyl/N-ethyl adjacent to an activating group) is 1. The van der Waals surface area contributed by atoms with E-state index in [4.69, 9.17) is 11.6 Å². The zero-order valence-corrected chi connectivity index (χ0v) is 22.6. The number of benzene rings is 3. The lowest BCUT2D eigenvalue weighted by Crippen LogP contribution is -2.35. The van der Waals surface area contributed by atoms with Gasteiger partial charge in [-0.15, -0.1) is 0 Å². The summed E-state index contributed by atoms with van der Waals surface area (Å²) in [7, 11) is -1.42. The van der Waals surface area contributed by atoms with Gasteiger partial charge in [0.15, 0.2) is 9.84 Å². The average Bonchev–Trinajstić information content (AvgIpc) is 2.81. The third kappa shape index (κ3) is 5.91. The molecular weight excluding hydrogens is 494 g/mol. The first-order valence-corrected chi connectivity index (χ1v) is 14.0. The van der Waals surface area contributed by atoms with Crippen molar-refractivity contribution in [1.82, 2.24) is 10.2 Å². The molecule has 0 bridgehead atoms. The Kier molecular flexibility index (Phi) is 7.73. The molecule has 0 aliphatic carbocycles. The Morgan fingerprint density at radius 1 is 1.11 bits per heavy atom. The Hall–Kier alpha value is -2.87. The normalized spacial score (nSPS) is 16.8. The van der Waals surface area contributed by atoms with Crippen LogP contribution in [0.25, 0.3) is 0 Å². The molecule has 3 aromatic carbocycles. The van der Waals surface area contributed by atoms with Crippen LogP contribution in [-0.4, -0.2) is 32.4 Å². The summed E-state index contributed by atoms with van der Waals surface area (Å²) in [5.41, 5.74) is 5.54. The van der Waals surface area contributed by atoms with Crippen molar-refractivity contribution in [2.24, 2.45) is 0 Å². The summed E-state index contributed by atoms with van der Waals surface area (Å²) in [6, 6.07) is 17.7. The molecule has 0 radical (unpaired) electrons. The number of rotatable bonds is 6. The fourth-order valence-electron chi connectivity index (χ4n) is 4.51. The summed E-state index contributed by atoms with van der Waals surface area (Å²) < 4.78 is 26.1. The van der Waals surface area contributed by atoms with Crippen molar-refractivity contribution in [3.63, 3.8) is 0 Å². The van der Waals surface area contributed by atoms with Gasteiger partial charge in [0.2, 0.25) is 0 Å². The molecule has 6 nitrogen and oxygen atoms in total. The van der Waals surface area contributed by atoms with Gasteiger partial charge in [0, 0.05) is 23.3 Å². The maximum Gasteiger partial charge on any atom is 0.319 e. The quantitative estimate of drug-likeness (QED) is 0.421. The van der Waals surface area contributed by atoms with E-state index in [0.717, 1.165) is 29.7 Å². The van der Waals surface area contributed by atoms with Crippen molar-refractivity contribution in [2.45, 2.75) is 56.5 Å². The topological polar surface area (TPSA) is 78.5 Å². The van der Waals surface area contributed by atoms with Crippen LogP contribution in [0.3, 0.4) is 0 Å². The highest BCUT2D eigenvalue weighted by atomic mass is 35.5. The van der Waals surface area contributed by atoms with Gasteiger partial charge >= 0.3 is 6.03 Å². The van der Waals surface area contributed by atoms with E-state index in [2.05, 4.69) is 29.5 Å². The van der Waals surface area contributed by atoms with E-state index in [1.54, 1.807) is 12.1 Å². The van der Waals surface area contributed by atoms with Crippen LogP contribution in [0.1, 0.15) is 47.7 Å². The van der Waals surface area contributed by atoms with Crippen molar-refractivity contribution in [3.8, 4) is 0 Å². The lowest BCUT2D eigenvalue weighted by molar-refractivity contribution is 0.231. The van der Waals surface area contributed by atoms with Crippen LogP contribution in [0.2, 0.25) is 5.02 Å². The number of halogens is 1. The molecule has 2 amide bonds. The molecule has 0 saturated carbocycles. The molecule has 0 spiro atoms. The van der Waals surface area contributed by atoms with Crippen LogP contribution in [0.4, 0.5) is 10.5 Å². The maximum absolute atomic E-state index is 13.1. The van der Waals surface area contributed by atoms with Gasteiger partial charge in [-0.2, -0.15) is 0 Å². The third-order valence-corrected chi connectivity index (χ3v) is 9.04. The molecule has 3 aromatic rings. The van der Waals surface area contributed by atoms with Gasteiger partial charge in [0.25, 0.3) is 0 Å². The first-order valence-electron chi connectivity index (χ1n) is 12.0. The lowest BCUT2D eigenvalue weighted by Gasteiger charge is -2.31. The number of amides is 2. The minimum Gasteiger partial charge on any atom is -0.331 e. The molecule has 190 valence electrons. The number of aryl methyl sites for hydroxylation is 1. The van der Waals surface area contributed by atoms with Crippen LogP contribution in [0.5, 0.6) is 0 Å². The second-order valence-electron chi connectivity index (χ2n) is 9.65. The first kappa shape index (κ1) is 26.2. The van der Waals surface area contributed by atoms with Crippen LogP contribution in [0, 0.1) is 6.92 Å². The van der Waals surface area contributed by atoms with Gasteiger partial charge < -0.3 is 10.6 Å². The van der Waals surface area contributed by atoms with Gasteiger partial charge in [0.05, 0.1) is 16.7 Å². The zero-order valence-electron chi connectivity index (χ0n) is 21.0. The SMILES string of the molecule is Cc1cccc(C(C)NC(=O)Nc2ccc(S(=O)(=O)Cc3ccc4c(c3)CC(C)N(C)C4)cc2)c1Cl. The number of urea groups is 1. The zero-order chi connectivity index (χ0) is 26.0. The molecule has 4 rings (SSSR count). The number of fused-ring (bicyclic) bond motifs is 1. The van der Waals surface area contributed by atoms with Crippen LogP contribution < -0.4 is 10.6 Å². The van der Waals surface area contributed by atoms with Crippen molar-refractivity contribution in [3.05, 3.63) is 93.5 Å². The number of anilines is 1. The number of sulfone groups is 1. The number of hydrogen-bond acceptors (Lipinski definition) is 4. The van der Waals surface area contributed by atoms with Crippen LogP contribution >= 0.6 is 11.6 Å². The Morgan fingerprint density at radius 2 is 1.83 bits per heavy atom. The van der Waals surface area contributed by atoms with Crippen molar-refractivity contribution < 1.29 is 13.2 Å². The van der Waals surface area contributed by atoms with Gasteiger partial charge in [-0.3, -0.25) is 4.90 Å². The standard InChI is InChI=1S/C28H32ClN3O3S/c1-18-6-5-7-26(27(18)29)20(3)30-28(33)31-24-10-12-25(13-11-24)36(34,35)17-21-8-9-22-16-32(4)19(2)14-23(22)15-21/h5-13,15,19-20H,14,16-17H2,1-4H3,(H2,30,31,33). The van der Waals surface area contributed by atoms with Crippen LogP contribution in [-0.2, 0) is 28.6 Å². The Balaban J connectivity index is 1.39. The second-order valence-corrected chi connectivity index (χ2v) is 12.0. The van der Waals surface area contributed by atoms with Gasteiger partial charge in [-0.25, -0.2) is 13.2 Å². The fourth-order valence-corrected chi connectivity index (χ4v) is 6.13. The second kappa shape index (κ2) is 10.6. The molecule has 36 heavy (non-hydrogen) atoms. The molecule has 1 heterocycles. The number of carbonyl (C=O) groups is 1. The highest BCUT2D eigenvalue weighted by molar-refractivity contribution is 7.90. The number of nitrogens with zero attached hydrogens (tertiary/aromatic N) is 1. The summed E-state index contributed by atoms with van der Waals surface area (Å²) >= 11 is 6.37. The average molecular weight is 526 g/mol. The van der Waals surface area contributed by atoms with E-state index in [0.29, 0.717) is 16.8 Å². The molecule has 2 N–H and O–H groups in total. The summed E-state index contributed by atoms with van der Waals surface area (Å²) in [5.74, 6) is -0.0630. The molecule has 1 aliphatic rings. The van der Waals surface area contributed by atoms with Crippen molar-refractivity contribution in [2.75, 3.05) is 12.4 Å². The summed E-state index contributed by atoms with van der Waals surface area (Å²) in [4.78, 5) is 15.0. The summed E-state index contributed by atoms with van der Waals surface area (Å²) in [6.45, 7) is 6.83. The van der Waals surface area contributed by atoms with E-state index in [-0.39, 0.29) is 16.7 Å². The predicted octanol–water partition coefficient (Wildman–Crippen LogP) is 5.88. The summed E-state index contributed by atoms with van der Waals surface area (Å²) in [6.07, 6.45) is 0.914. The Morgan fingerprint density at radius 3 is 2.56 bits per heavy atom. The molecule has 1 aliphatic heterocycles. The third-order valence-electron chi connectivity index (χ3n) is 6.82. The van der Waals surface area contributed by atoms with Gasteiger partial charge in [-0.1, -0.05) is 48.0 Å². The number of carbonyl (C=O) groups excluding carboxylic acids is 1. The van der Waals surface area contributed by atoms with E-state index in [9.17, 15) is 13.2 Å². The number of nitrogens with one attached hydrogen (secondary N) is 2. The molecule has 8 heteroatoms. The highest BCUT2D eigenvalue weighted by Crippen LogP contribution is 2.27. The smallest absolute Gasteiger partial charge is 0.319 e. The predicted molar refractivity (Wildman–Crippen MR) is 145 cm³/mol. The lowest BCUT2D eigenvalue weighted by atomic mass is 9.94. The van der Waals surface area contributed by atoms with Gasteiger partial charge in [-0.05, 0) is 86.3 Å². The van der Waals surface area contributed by atoms with Crippen molar-refractivity contribution >= 4 is 33.2 Å². The molecule has 0 saturated heterocycles. The van der Waals surface area contributed by atoms with Gasteiger partial charge in [0.1, 0.15) is 0 Å². The molecule has 0 fully saturated rings.